The number of benzene rings is 3. The number of carbonyl (C=O) groups is 3. The number of hydrogen-bond donors (Lipinski definition) is 1. The predicted molar refractivity (Wildman–Crippen MR) is 191 cm³/mol. The molecule has 49 heavy (non-hydrogen) atoms. The van der Waals surface area contributed by atoms with Crippen LogP contribution in [-0.2, 0) is 14.9 Å². The third-order valence-electron chi connectivity index (χ3n) is 10.0. The number of nitrogens with zero attached hydrogens (tertiary/aromatic N) is 3. The molecule has 0 radical (unpaired) electrons. The summed E-state index contributed by atoms with van der Waals surface area (Å²) in [6, 6.07) is 14.7. The van der Waals surface area contributed by atoms with E-state index in [-0.39, 0.29) is 28.7 Å². The van der Waals surface area contributed by atoms with Crippen LogP contribution in [0.25, 0.3) is 10.8 Å². The minimum Gasteiger partial charge on any atom is -0.494 e. The van der Waals surface area contributed by atoms with Gasteiger partial charge in [-0.15, -0.1) is 0 Å². The van der Waals surface area contributed by atoms with Crippen molar-refractivity contribution in [1.29, 1.82) is 0 Å². The highest BCUT2D eigenvalue weighted by Crippen LogP contribution is 2.38. The van der Waals surface area contributed by atoms with Gasteiger partial charge in [0.25, 0.3) is 17.6 Å². The molecule has 3 aromatic carbocycles. The smallest absolute Gasteiger partial charge is 0.296 e. The van der Waals surface area contributed by atoms with Crippen LogP contribution in [0.1, 0.15) is 72.7 Å². The van der Waals surface area contributed by atoms with Gasteiger partial charge in [-0.1, -0.05) is 45.0 Å². The average Bonchev–Trinajstić information content (AvgIpc) is 3.80. The van der Waals surface area contributed by atoms with Crippen molar-refractivity contribution in [3.05, 3.63) is 65.2 Å². The number of carbonyl (C=O) groups excluding carboxylic acids is 3. The van der Waals surface area contributed by atoms with Gasteiger partial charge in [0.2, 0.25) is 0 Å². The maximum absolute atomic E-state index is 14.3. The Kier molecular flexibility index (Phi) is 10.9. The molecule has 0 bridgehead atoms. The Bertz CT molecular complexity index is 1670. The Balaban J connectivity index is 1.24. The molecule has 3 aliphatic heterocycles. The van der Waals surface area contributed by atoms with Crippen LogP contribution < -0.4 is 14.8 Å². The number of hydrogen-bond acceptors (Lipinski definition) is 8. The van der Waals surface area contributed by atoms with Crippen molar-refractivity contribution in [2.45, 2.75) is 57.9 Å². The topological polar surface area (TPSA) is 101 Å². The number of ketones is 1. The molecule has 0 spiro atoms. The quantitative estimate of drug-likeness (QED) is 0.215. The Morgan fingerprint density at radius 3 is 2.33 bits per heavy atom. The first kappa shape index (κ1) is 34.9. The molecular formula is C39H50N4O6. The standard InChI is InChI=1S/C39H50N4O6/c1-39(2,3)27-24-32(38(46)43-17-9-10-28(43)26-42-15-7-8-16-42)36(47-4)33(25-27)40-37(45)35(44)31-13-14-34(30-12-6-5-11-29(30)31)49-23-20-41-18-21-48-22-19-41/h5-6,11-14,24-25,28H,7-10,15-23,26H2,1-4H3,(H,40,45)/t28-/m0/s1. The van der Waals surface area contributed by atoms with Gasteiger partial charge < -0.3 is 29.3 Å². The fourth-order valence-corrected chi connectivity index (χ4v) is 7.25. The van der Waals surface area contributed by atoms with E-state index >= 15 is 0 Å². The molecule has 3 heterocycles. The van der Waals surface area contributed by atoms with E-state index in [9.17, 15) is 14.4 Å². The lowest BCUT2D eigenvalue weighted by atomic mass is 9.85. The van der Waals surface area contributed by atoms with Crippen LogP contribution in [0.4, 0.5) is 5.69 Å². The van der Waals surface area contributed by atoms with Crippen LogP contribution in [-0.4, -0.2) is 111 Å². The summed E-state index contributed by atoms with van der Waals surface area (Å²) in [5.74, 6) is -0.672. The molecule has 3 fully saturated rings. The van der Waals surface area contributed by atoms with E-state index in [1.165, 1.54) is 20.0 Å². The summed E-state index contributed by atoms with van der Waals surface area (Å²) >= 11 is 0. The Morgan fingerprint density at radius 1 is 0.878 bits per heavy atom. The van der Waals surface area contributed by atoms with Crippen molar-refractivity contribution in [3.8, 4) is 11.5 Å². The number of morpholine rings is 1. The van der Waals surface area contributed by atoms with E-state index in [0.29, 0.717) is 35.5 Å². The second-order valence-corrected chi connectivity index (χ2v) is 14.4. The van der Waals surface area contributed by atoms with Crippen LogP contribution in [0.2, 0.25) is 0 Å². The summed E-state index contributed by atoms with van der Waals surface area (Å²) < 4.78 is 17.4. The summed E-state index contributed by atoms with van der Waals surface area (Å²) in [6.45, 7) is 14.4. The highest BCUT2D eigenvalue weighted by Gasteiger charge is 2.34. The first-order chi connectivity index (χ1) is 23.6. The third kappa shape index (κ3) is 7.92. The van der Waals surface area contributed by atoms with E-state index in [2.05, 4.69) is 35.9 Å². The molecule has 2 amide bonds. The van der Waals surface area contributed by atoms with Gasteiger partial charge in [-0.25, -0.2) is 0 Å². The first-order valence-electron chi connectivity index (χ1n) is 17.7. The summed E-state index contributed by atoms with van der Waals surface area (Å²) in [6.07, 6.45) is 4.32. The number of amides is 2. The minimum absolute atomic E-state index is 0.110. The molecule has 1 atom stereocenters. The van der Waals surface area contributed by atoms with Crippen LogP contribution in [0.15, 0.2) is 48.5 Å². The maximum atomic E-state index is 14.3. The minimum atomic E-state index is -0.804. The second kappa shape index (κ2) is 15.3. The zero-order valence-corrected chi connectivity index (χ0v) is 29.4. The Hall–Kier alpha value is -3.99. The van der Waals surface area contributed by atoms with Crippen molar-refractivity contribution in [2.24, 2.45) is 0 Å². The number of rotatable bonds is 11. The first-order valence-corrected chi connectivity index (χ1v) is 17.7. The lowest BCUT2D eigenvalue weighted by Gasteiger charge is -2.30. The van der Waals surface area contributed by atoms with Gasteiger partial charge in [0, 0.05) is 49.7 Å². The Labute approximate surface area is 289 Å². The van der Waals surface area contributed by atoms with Crippen LogP contribution in [0, 0.1) is 0 Å². The average molecular weight is 671 g/mol. The monoisotopic (exact) mass is 670 g/mol. The summed E-state index contributed by atoms with van der Waals surface area (Å²) in [4.78, 5) is 48.5. The molecular weight excluding hydrogens is 620 g/mol. The van der Waals surface area contributed by atoms with E-state index in [1.807, 2.05) is 41.3 Å². The fourth-order valence-electron chi connectivity index (χ4n) is 7.25. The van der Waals surface area contributed by atoms with Crippen molar-refractivity contribution in [3.63, 3.8) is 0 Å². The van der Waals surface area contributed by atoms with Crippen molar-refractivity contribution in [1.82, 2.24) is 14.7 Å². The fraction of sp³-hybridized carbons (Fsp3) is 0.513. The van der Waals surface area contributed by atoms with Crippen molar-refractivity contribution in [2.75, 3.05) is 78.1 Å². The van der Waals surface area contributed by atoms with E-state index in [0.717, 1.165) is 76.3 Å². The van der Waals surface area contributed by atoms with Crippen LogP contribution >= 0.6 is 0 Å². The molecule has 10 heteroatoms. The second-order valence-electron chi connectivity index (χ2n) is 14.4. The van der Waals surface area contributed by atoms with Gasteiger partial charge >= 0.3 is 0 Å². The number of methoxy groups -OCH3 is 1. The number of Topliss-reactive ketones (excluding diaryl/α,β-unsaturated/α-hetero) is 1. The number of likely N-dealkylation sites (tertiary alicyclic amines) is 2. The van der Waals surface area contributed by atoms with Gasteiger partial charge in [-0.05, 0) is 79.4 Å². The van der Waals surface area contributed by atoms with E-state index in [4.69, 9.17) is 14.2 Å². The largest absolute Gasteiger partial charge is 0.494 e. The number of anilines is 1. The molecule has 0 aromatic heterocycles. The molecule has 3 saturated heterocycles. The molecule has 1 N–H and O–H groups in total. The van der Waals surface area contributed by atoms with E-state index in [1.54, 1.807) is 12.1 Å². The van der Waals surface area contributed by atoms with Crippen LogP contribution in [0.5, 0.6) is 11.5 Å². The predicted octanol–water partition coefficient (Wildman–Crippen LogP) is 5.38. The molecule has 10 nitrogen and oxygen atoms in total. The lowest BCUT2D eigenvalue weighted by molar-refractivity contribution is -0.112. The lowest BCUT2D eigenvalue weighted by Crippen LogP contribution is -2.42. The van der Waals surface area contributed by atoms with Crippen molar-refractivity contribution < 1.29 is 28.6 Å². The maximum Gasteiger partial charge on any atom is 0.296 e. The summed E-state index contributed by atoms with van der Waals surface area (Å²) in [5, 5.41) is 4.24. The SMILES string of the molecule is COc1c(NC(=O)C(=O)c2ccc(OCCN3CCOCC3)c3ccccc23)cc(C(C)(C)C)cc1C(=O)N1CCC[C@H]1CN1CCCC1. The summed E-state index contributed by atoms with van der Waals surface area (Å²) in [7, 11) is 1.50. The molecule has 262 valence electrons. The molecule has 0 aliphatic carbocycles. The van der Waals surface area contributed by atoms with E-state index < -0.39 is 11.7 Å². The summed E-state index contributed by atoms with van der Waals surface area (Å²) in [5.41, 5.74) is 1.50. The van der Waals surface area contributed by atoms with Gasteiger partial charge in [-0.3, -0.25) is 19.3 Å². The number of nitrogens with one attached hydrogen (secondary N) is 1. The van der Waals surface area contributed by atoms with Gasteiger partial charge in [0.15, 0.2) is 5.75 Å². The number of fused-ring (bicyclic) bond motifs is 1. The third-order valence-corrected chi connectivity index (χ3v) is 10.0. The van der Waals surface area contributed by atoms with Crippen LogP contribution in [0.3, 0.4) is 0 Å². The van der Waals surface area contributed by atoms with Gasteiger partial charge in [0.1, 0.15) is 12.4 Å². The highest BCUT2D eigenvalue weighted by atomic mass is 16.5. The Morgan fingerprint density at radius 2 is 1.61 bits per heavy atom. The molecule has 0 saturated carbocycles. The van der Waals surface area contributed by atoms with Gasteiger partial charge in [-0.2, -0.15) is 0 Å². The zero-order chi connectivity index (χ0) is 34.5. The molecule has 0 unspecified atom stereocenters. The molecule has 3 aliphatic rings. The zero-order valence-electron chi connectivity index (χ0n) is 29.4. The number of ether oxygens (including phenoxy) is 3. The normalized spacial score (nSPS) is 18.9. The van der Waals surface area contributed by atoms with Crippen molar-refractivity contribution >= 4 is 34.1 Å². The van der Waals surface area contributed by atoms with Gasteiger partial charge in [0.05, 0.1) is 31.6 Å². The molecule has 3 aromatic rings. The molecule has 6 rings (SSSR count). The highest BCUT2D eigenvalue weighted by molar-refractivity contribution is 6.48.